The maximum Gasteiger partial charge on any atom is 0.407 e. The number of carbonyl (C=O) groups excluding carboxylic acids is 2. The molecule has 0 spiro atoms. The lowest BCUT2D eigenvalue weighted by Crippen LogP contribution is -2.43. The number of nitrogens with one attached hydrogen (secondary N) is 2. The third-order valence-corrected chi connectivity index (χ3v) is 6.27. The lowest BCUT2D eigenvalue weighted by Gasteiger charge is -2.20. The summed E-state index contributed by atoms with van der Waals surface area (Å²) >= 11 is 1.39. The first-order valence-corrected chi connectivity index (χ1v) is 13.5. The standard InChI is InChI=1S/C27H36N4O7S/c1-8-11-20(21-15-19(35-13-9-2)16-22(32)37-21)29-24(33)27(7)17-39-23(30-27)18(3)31-36-14-10-12-28-25(34)38-26(4,5)6/h2,11,15-16H,8,10,12-14,17H2,1,3-7H3,(H,28,34)(H,29,33)/b20-11+,31-18+/t27-/m0/s1. The number of amides is 2. The SMILES string of the molecule is C#CCOc1cc(/C(=C\CC)NC(=O)[C@]2(C)CSC(/C(C)=N/OCCCNC(=O)OC(C)(C)C)=N2)oc(=O)c1. The molecule has 1 aromatic heterocycles. The molecule has 0 saturated carbocycles. The van der Waals surface area contributed by atoms with Crippen molar-refractivity contribution in [3.8, 4) is 18.1 Å². The van der Waals surface area contributed by atoms with Gasteiger partial charge in [0, 0.05) is 24.8 Å². The molecule has 0 fully saturated rings. The van der Waals surface area contributed by atoms with Crippen molar-refractivity contribution in [2.45, 2.75) is 65.5 Å². The Balaban J connectivity index is 1.98. The van der Waals surface area contributed by atoms with E-state index in [1.807, 2.05) is 6.92 Å². The second-order valence-corrected chi connectivity index (χ2v) is 10.7. The number of aliphatic imine (C=N–C) groups is 1. The molecule has 1 aromatic rings. The molecule has 2 rings (SSSR count). The zero-order chi connectivity index (χ0) is 29.1. The van der Waals surface area contributed by atoms with E-state index in [-0.39, 0.29) is 30.6 Å². The number of hydrogen-bond acceptors (Lipinski definition) is 10. The van der Waals surface area contributed by atoms with E-state index in [9.17, 15) is 14.4 Å². The normalized spacial score (nSPS) is 17.6. The van der Waals surface area contributed by atoms with Crippen LogP contribution in [0.1, 0.15) is 60.1 Å². The van der Waals surface area contributed by atoms with E-state index in [0.717, 1.165) is 0 Å². The Morgan fingerprint density at radius 2 is 2.10 bits per heavy atom. The van der Waals surface area contributed by atoms with Crippen molar-refractivity contribution in [2.75, 3.05) is 25.5 Å². The molecule has 0 unspecified atom stereocenters. The Morgan fingerprint density at radius 1 is 1.36 bits per heavy atom. The van der Waals surface area contributed by atoms with Crippen LogP contribution < -0.4 is 21.0 Å². The van der Waals surface area contributed by atoms with Crippen molar-refractivity contribution in [1.82, 2.24) is 10.6 Å². The molecule has 0 saturated heterocycles. The fraction of sp³-hybridized carbons (Fsp3) is 0.519. The molecular weight excluding hydrogens is 524 g/mol. The summed E-state index contributed by atoms with van der Waals surface area (Å²) in [5.41, 5.74) is -1.41. The van der Waals surface area contributed by atoms with Crippen LogP contribution in [-0.4, -0.2) is 59.4 Å². The van der Waals surface area contributed by atoms with Gasteiger partial charge in [-0.15, -0.1) is 18.2 Å². The zero-order valence-corrected chi connectivity index (χ0v) is 24.0. The number of allylic oxidation sites excluding steroid dienone is 1. The van der Waals surface area contributed by atoms with E-state index >= 15 is 0 Å². The van der Waals surface area contributed by atoms with Crippen molar-refractivity contribution >= 4 is 40.2 Å². The Hall–Kier alpha value is -3.72. The Labute approximate surface area is 232 Å². The summed E-state index contributed by atoms with van der Waals surface area (Å²) < 4.78 is 15.8. The molecule has 11 nitrogen and oxygen atoms in total. The summed E-state index contributed by atoms with van der Waals surface area (Å²) in [7, 11) is 0. The summed E-state index contributed by atoms with van der Waals surface area (Å²) in [5.74, 6) is 2.74. The first-order chi connectivity index (χ1) is 18.4. The van der Waals surface area contributed by atoms with Gasteiger partial charge in [-0.2, -0.15) is 0 Å². The average Bonchev–Trinajstić information content (AvgIpc) is 3.26. The molecule has 2 N–H and O–H groups in total. The number of hydrogen-bond donors (Lipinski definition) is 2. The molecule has 1 aliphatic rings. The van der Waals surface area contributed by atoms with Crippen LogP contribution in [0, 0.1) is 12.3 Å². The second-order valence-electron chi connectivity index (χ2n) is 9.72. The minimum atomic E-state index is -1.08. The molecule has 0 aromatic carbocycles. The molecule has 2 heterocycles. The summed E-state index contributed by atoms with van der Waals surface area (Å²) in [6, 6.07) is 2.68. The summed E-state index contributed by atoms with van der Waals surface area (Å²) in [4.78, 5) is 46.9. The minimum Gasteiger partial charge on any atom is -0.481 e. The van der Waals surface area contributed by atoms with E-state index in [2.05, 4.69) is 26.7 Å². The molecule has 12 heteroatoms. The maximum absolute atomic E-state index is 13.2. The zero-order valence-electron chi connectivity index (χ0n) is 23.2. The van der Waals surface area contributed by atoms with Crippen LogP contribution in [0.3, 0.4) is 0 Å². The smallest absolute Gasteiger partial charge is 0.407 e. The van der Waals surface area contributed by atoms with Gasteiger partial charge in [0.1, 0.15) is 40.9 Å². The highest BCUT2D eigenvalue weighted by Crippen LogP contribution is 2.30. The van der Waals surface area contributed by atoms with E-state index < -0.39 is 22.9 Å². The maximum atomic E-state index is 13.2. The summed E-state index contributed by atoms with van der Waals surface area (Å²) in [6.45, 7) is 11.4. The van der Waals surface area contributed by atoms with Crippen LogP contribution in [0.4, 0.5) is 4.79 Å². The van der Waals surface area contributed by atoms with Crippen LogP contribution in [0.2, 0.25) is 0 Å². The number of alkyl carbamates (subject to hydrolysis) is 1. The number of oxime groups is 1. The van der Waals surface area contributed by atoms with Crippen molar-refractivity contribution < 1.29 is 28.3 Å². The van der Waals surface area contributed by atoms with Gasteiger partial charge in [0.05, 0.1) is 11.8 Å². The van der Waals surface area contributed by atoms with Gasteiger partial charge in [-0.3, -0.25) is 9.79 Å². The lowest BCUT2D eigenvalue weighted by atomic mass is 10.0. The van der Waals surface area contributed by atoms with Crippen LogP contribution in [0.15, 0.2) is 37.6 Å². The van der Waals surface area contributed by atoms with Crippen molar-refractivity contribution in [1.29, 1.82) is 0 Å². The van der Waals surface area contributed by atoms with Gasteiger partial charge in [-0.1, -0.05) is 24.1 Å². The Kier molecular flexibility index (Phi) is 11.7. The first kappa shape index (κ1) is 31.5. The van der Waals surface area contributed by atoms with Crippen molar-refractivity contribution in [3.05, 3.63) is 34.4 Å². The third kappa shape index (κ3) is 10.5. The molecule has 39 heavy (non-hydrogen) atoms. The van der Waals surface area contributed by atoms with Gasteiger partial charge < -0.3 is 29.4 Å². The number of nitrogens with zero attached hydrogens (tertiary/aromatic N) is 2. The third-order valence-electron chi connectivity index (χ3n) is 4.91. The topological polar surface area (TPSA) is 141 Å². The van der Waals surface area contributed by atoms with Crippen LogP contribution >= 0.6 is 11.8 Å². The molecule has 2 amide bonds. The number of thioether (sulfide) groups is 1. The minimum absolute atomic E-state index is 0.0115. The monoisotopic (exact) mass is 560 g/mol. The van der Waals surface area contributed by atoms with Gasteiger partial charge in [-0.05, 0) is 41.0 Å². The van der Waals surface area contributed by atoms with Crippen LogP contribution in [-0.2, 0) is 14.4 Å². The van der Waals surface area contributed by atoms with E-state index in [1.54, 1.807) is 40.7 Å². The van der Waals surface area contributed by atoms with E-state index in [0.29, 0.717) is 41.6 Å². The highest BCUT2D eigenvalue weighted by molar-refractivity contribution is 8.16. The van der Waals surface area contributed by atoms with E-state index in [1.165, 1.54) is 23.9 Å². The first-order valence-electron chi connectivity index (χ1n) is 12.5. The van der Waals surface area contributed by atoms with Gasteiger partial charge in [0.2, 0.25) is 0 Å². The summed E-state index contributed by atoms with van der Waals surface area (Å²) in [6.07, 6.45) is 7.58. The predicted molar refractivity (Wildman–Crippen MR) is 152 cm³/mol. The number of carbonyl (C=O) groups is 2. The number of terminal acetylenes is 1. The molecule has 1 aliphatic heterocycles. The molecule has 0 aliphatic carbocycles. The average molecular weight is 561 g/mol. The highest BCUT2D eigenvalue weighted by Gasteiger charge is 2.39. The summed E-state index contributed by atoms with van der Waals surface area (Å²) in [5, 5.41) is 10.2. The fourth-order valence-electron chi connectivity index (χ4n) is 3.09. The van der Waals surface area contributed by atoms with Gasteiger partial charge >= 0.3 is 11.7 Å². The molecule has 0 bridgehead atoms. The fourth-order valence-corrected chi connectivity index (χ4v) is 4.22. The van der Waals surface area contributed by atoms with E-state index in [4.69, 9.17) is 25.2 Å². The quantitative estimate of drug-likeness (QED) is 0.171. The Bertz CT molecular complexity index is 1220. The number of ether oxygens (including phenoxy) is 2. The highest BCUT2D eigenvalue weighted by atomic mass is 32.2. The molecule has 212 valence electrons. The van der Waals surface area contributed by atoms with Gasteiger partial charge in [0.25, 0.3) is 5.91 Å². The second kappa shape index (κ2) is 14.4. The van der Waals surface area contributed by atoms with Crippen molar-refractivity contribution in [3.63, 3.8) is 0 Å². The van der Waals surface area contributed by atoms with Gasteiger partial charge in [0.15, 0.2) is 5.76 Å². The van der Waals surface area contributed by atoms with Crippen molar-refractivity contribution in [2.24, 2.45) is 10.1 Å². The van der Waals surface area contributed by atoms with Crippen LogP contribution in [0.5, 0.6) is 5.75 Å². The predicted octanol–water partition coefficient (Wildman–Crippen LogP) is 3.73. The lowest BCUT2D eigenvalue weighted by molar-refractivity contribution is -0.123. The number of rotatable bonds is 12. The largest absolute Gasteiger partial charge is 0.481 e. The van der Waals surface area contributed by atoms with Crippen LogP contribution in [0.25, 0.3) is 5.70 Å². The van der Waals surface area contributed by atoms with Gasteiger partial charge in [-0.25, -0.2) is 9.59 Å². The molecule has 0 radical (unpaired) electrons. The Morgan fingerprint density at radius 3 is 2.77 bits per heavy atom. The molecule has 1 atom stereocenters. The molecular formula is C27H36N4O7S.